The molecule has 0 bridgehead atoms. The second kappa shape index (κ2) is 10.5. The van der Waals surface area contributed by atoms with Crippen molar-refractivity contribution in [2.24, 2.45) is 0 Å². The van der Waals surface area contributed by atoms with Crippen molar-refractivity contribution < 1.29 is 19.1 Å². The molecule has 0 radical (unpaired) electrons. The minimum atomic E-state index is -0.345. The number of para-hydroxylation sites is 2. The first-order chi connectivity index (χ1) is 17.6. The van der Waals surface area contributed by atoms with Crippen molar-refractivity contribution in [2.45, 2.75) is 25.3 Å². The summed E-state index contributed by atoms with van der Waals surface area (Å²) in [6.45, 7) is -0.189. The Labute approximate surface area is 210 Å². The number of amides is 2. The fourth-order valence-electron chi connectivity index (χ4n) is 4.74. The van der Waals surface area contributed by atoms with E-state index >= 15 is 0 Å². The number of hydrogen-bond donors (Lipinski definition) is 2. The number of carbonyl (C=O) groups excluding carboxylic acids is 2. The van der Waals surface area contributed by atoms with E-state index in [1.165, 1.54) is 11.1 Å². The summed E-state index contributed by atoms with van der Waals surface area (Å²) in [5.41, 5.74) is 3.34. The molecule has 4 aromatic carbocycles. The first kappa shape index (κ1) is 23.4. The van der Waals surface area contributed by atoms with E-state index in [1.54, 1.807) is 31.4 Å². The molecule has 0 spiro atoms. The third-order valence-corrected chi connectivity index (χ3v) is 6.51. The Balaban J connectivity index is 1.35. The van der Waals surface area contributed by atoms with Gasteiger partial charge in [0.15, 0.2) is 6.61 Å². The molecule has 0 aromatic heterocycles. The molecule has 2 amide bonds. The first-order valence-electron chi connectivity index (χ1n) is 12.1. The molecular weight excluding hydrogens is 452 g/mol. The van der Waals surface area contributed by atoms with Crippen LogP contribution < -0.4 is 20.1 Å². The summed E-state index contributed by atoms with van der Waals surface area (Å²) in [5, 5.41) is 7.83. The Bertz CT molecular complexity index is 1420. The number of aryl methyl sites for hydroxylation is 1. The summed E-state index contributed by atoms with van der Waals surface area (Å²) in [6.07, 6.45) is 2.95. The number of hydrogen-bond acceptors (Lipinski definition) is 4. The van der Waals surface area contributed by atoms with Crippen LogP contribution >= 0.6 is 0 Å². The fourth-order valence-corrected chi connectivity index (χ4v) is 4.74. The molecule has 0 fully saturated rings. The molecule has 5 rings (SSSR count). The third-order valence-electron chi connectivity index (χ3n) is 6.51. The molecule has 1 aliphatic carbocycles. The summed E-state index contributed by atoms with van der Waals surface area (Å²) in [6, 6.07) is 26.7. The van der Waals surface area contributed by atoms with E-state index in [0.29, 0.717) is 22.7 Å². The van der Waals surface area contributed by atoms with Crippen molar-refractivity contribution in [3.8, 4) is 11.5 Å². The smallest absolute Gasteiger partial charge is 0.259 e. The second-order valence-corrected chi connectivity index (χ2v) is 8.85. The van der Waals surface area contributed by atoms with Gasteiger partial charge in [0.25, 0.3) is 11.8 Å². The number of anilines is 1. The SMILES string of the molecule is COc1ccccc1NC(=O)c1cc2ccccc2cc1OCC(=O)NC1CCCc2ccccc21. The lowest BCUT2D eigenvalue weighted by Crippen LogP contribution is -2.34. The minimum absolute atomic E-state index is 0.0315. The predicted octanol–water partition coefficient (Wildman–Crippen LogP) is 5.67. The van der Waals surface area contributed by atoms with Gasteiger partial charge >= 0.3 is 0 Å². The number of fused-ring (bicyclic) bond motifs is 2. The Morgan fingerprint density at radius 3 is 2.44 bits per heavy atom. The number of methoxy groups -OCH3 is 1. The molecule has 6 nitrogen and oxygen atoms in total. The van der Waals surface area contributed by atoms with Crippen LogP contribution in [0.4, 0.5) is 5.69 Å². The van der Waals surface area contributed by atoms with Crippen molar-refractivity contribution in [3.05, 3.63) is 102 Å². The predicted molar refractivity (Wildman–Crippen MR) is 141 cm³/mol. The lowest BCUT2D eigenvalue weighted by molar-refractivity contribution is -0.124. The van der Waals surface area contributed by atoms with Gasteiger partial charge in [-0.3, -0.25) is 9.59 Å². The van der Waals surface area contributed by atoms with E-state index in [1.807, 2.05) is 48.5 Å². The zero-order valence-corrected chi connectivity index (χ0v) is 20.1. The molecule has 1 unspecified atom stereocenters. The molecule has 36 heavy (non-hydrogen) atoms. The van der Waals surface area contributed by atoms with Crippen LogP contribution in [0.15, 0.2) is 84.9 Å². The zero-order chi connectivity index (χ0) is 24.9. The summed E-state index contributed by atoms with van der Waals surface area (Å²) >= 11 is 0. The first-order valence-corrected chi connectivity index (χ1v) is 12.1. The van der Waals surface area contributed by atoms with Crippen molar-refractivity contribution in [1.82, 2.24) is 5.32 Å². The maximum Gasteiger partial charge on any atom is 0.259 e. The average Bonchev–Trinajstić information content (AvgIpc) is 2.92. The van der Waals surface area contributed by atoms with Gasteiger partial charge < -0.3 is 20.1 Å². The maximum atomic E-state index is 13.3. The van der Waals surface area contributed by atoms with Gasteiger partial charge in [-0.15, -0.1) is 0 Å². The van der Waals surface area contributed by atoms with E-state index in [-0.39, 0.29) is 24.5 Å². The largest absolute Gasteiger partial charge is 0.495 e. The number of nitrogens with one attached hydrogen (secondary N) is 2. The van der Waals surface area contributed by atoms with E-state index in [0.717, 1.165) is 30.0 Å². The Hall–Kier alpha value is -4.32. The number of carbonyl (C=O) groups is 2. The maximum absolute atomic E-state index is 13.3. The molecule has 2 N–H and O–H groups in total. The van der Waals surface area contributed by atoms with E-state index < -0.39 is 0 Å². The summed E-state index contributed by atoms with van der Waals surface area (Å²) in [7, 11) is 1.55. The standard InChI is InChI=1S/C30H28N2O4/c1-35-27-16-7-6-14-26(27)32-30(34)24-17-21-10-2-3-11-22(21)18-28(24)36-19-29(33)31-25-15-8-12-20-9-4-5-13-23(20)25/h2-7,9-11,13-14,16-18,25H,8,12,15,19H2,1H3,(H,31,33)(H,32,34). The van der Waals surface area contributed by atoms with Gasteiger partial charge in [-0.2, -0.15) is 0 Å². The monoisotopic (exact) mass is 480 g/mol. The van der Waals surface area contributed by atoms with Crippen molar-refractivity contribution in [3.63, 3.8) is 0 Å². The number of rotatable bonds is 7. The number of benzene rings is 4. The van der Waals surface area contributed by atoms with E-state index in [4.69, 9.17) is 9.47 Å². The van der Waals surface area contributed by atoms with Crippen molar-refractivity contribution in [2.75, 3.05) is 19.0 Å². The van der Waals surface area contributed by atoms with Gasteiger partial charge in [0.1, 0.15) is 11.5 Å². The highest BCUT2D eigenvalue weighted by Crippen LogP contribution is 2.31. The lowest BCUT2D eigenvalue weighted by atomic mass is 9.88. The highest BCUT2D eigenvalue weighted by Gasteiger charge is 2.22. The topological polar surface area (TPSA) is 76.7 Å². The van der Waals surface area contributed by atoms with E-state index in [2.05, 4.69) is 22.8 Å². The van der Waals surface area contributed by atoms with Gasteiger partial charge in [-0.05, 0) is 65.4 Å². The second-order valence-electron chi connectivity index (χ2n) is 8.85. The summed E-state index contributed by atoms with van der Waals surface area (Å²) < 4.78 is 11.3. The molecular formula is C30H28N2O4. The molecule has 0 saturated heterocycles. The molecule has 182 valence electrons. The minimum Gasteiger partial charge on any atom is -0.495 e. The molecule has 0 heterocycles. The molecule has 4 aromatic rings. The summed E-state index contributed by atoms with van der Waals surface area (Å²) in [5.74, 6) is 0.337. The van der Waals surface area contributed by atoms with Crippen LogP contribution in [-0.2, 0) is 11.2 Å². The molecule has 0 saturated carbocycles. The van der Waals surface area contributed by atoms with Gasteiger partial charge in [-0.25, -0.2) is 0 Å². The molecule has 0 aliphatic heterocycles. The Kier molecular flexibility index (Phi) is 6.85. The van der Waals surface area contributed by atoms with Crippen molar-refractivity contribution in [1.29, 1.82) is 0 Å². The molecule has 1 atom stereocenters. The van der Waals surface area contributed by atoms with Crippen LogP contribution in [0, 0.1) is 0 Å². The van der Waals surface area contributed by atoms with Crippen LogP contribution in [0.25, 0.3) is 10.8 Å². The van der Waals surface area contributed by atoms with Crippen LogP contribution in [0.2, 0.25) is 0 Å². The highest BCUT2D eigenvalue weighted by atomic mass is 16.5. The average molecular weight is 481 g/mol. The van der Waals surface area contributed by atoms with Crippen LogP contribution in [-0.4, -0.2) is 25.5 Å². The van der Waals surface area contributed by atoms with Crippen molar-refractivity contribution >= 4 is 28.3 Å². The number of ether oxygens (including phenoxy) is 2. The van der Waals surface area contributed by atoms with Gasteiger partial charge in [0, 0.05) is 0 Å². The normalized spacial score (nSPS) is 14.5. The van der Waals surface area contributed by atoms with Gasteiger partial charge in [0.2, 0.25) is 0 Å². The van der Waals surface area contributed by atoms with Crippen LogP contribution in [0.1, 0.15) is 40.4 Å². The fraction of sp³-hybridized carbons (Fsp3) is 0.200. The Morgan fingerprint density at radius 1 is 0.889 bits per heavy atom. The van der Waals surface area contributed by atoms with Crippen LogP contribution in [0.3, 0.4) is 0 Å². The quantitative estimate of drug-likeness (QED) is 0.357. The van der Waals surface area contributed by atoms with Crippen LogP contribution in [0.5, 0.6) is 11.5 Å². The third kappa shape index (κ3) is 5.03. The molecule has 1 aliphatic rings. The Morgan fingerprint density at radius 2 is 1.61 bits per heavy atom. The van der Waals surface area contributed by atoms with Gasteiger partial charge in [0.05, 0.1) is 24.4 Å². The highest BCUT2D eigenvalue weighted by molar-refractivity contribution is 6.09. The summed E-state index contributed by atoms with van der Waals surface area (Å²) in [4.78, 5) is 26.2. The van der Waals surface area contributed by atoms with E-state index in [9.17, 15) is 9.59 Å². The lowest BCUT2D eigenvalue weighted by Gasteiger charge is -2.26. The van der Waals surface area contributed by atoms with Gasteiger partial charge in [-0.1, -0.05) is 60.7 Å². The molecule has 6 heteroatoms. The zero-order valence-electron chi connectivity index (χ0n) is 20.1.